The van der Waals surface area contributed by atoms with Crippen LogP contribution in [-0.4, -0.2) is 22.6 Å². The van der Waals surface area contributed by atoms with Gasteiger partial charge in [-0.3, -0.25) is 4.79 Å². The molecule has 0 aliphatic rings. The number of carbonyl (C=O) groups is 1. The lowest BCUT2D eigenvalue weighted by molar-refractivity contribution is 0.0954. The maximum Gasteiger partial charge on any atom is 0.251 e. The molecular formula is C22H19N3O2S. The number of hydrogen-bond acceptors (Lipinski definition) is 5. The summed E-state index contributed by atoms with van der Waals surface area (Å²) in [5.41, 5.74) is 3.44. The van der Waals surface area contributed by atoms with Crippen molar-refractivity contribution >= 4 is 17.2 Å². The molecule has 0 saturated carbocycles. The SMILES string of the molecule is Cc1ccc(-c2nnc(-c3ccc(C(=O)NCCc4cccs4)cc3)o2)cc1. The maximum atomic E-state index is 12.3. The normalized spacial score (nSPS) is 10.8. The minimum atomic E-state index is -0.0889. The molecule has 0 saturated heterocycles. The quantitative estimate of drug-likeness (QED) is 0.517. The van der Waals surface area contributed by atoms with Crippen LogP contribution < -0.4 is 5.32 Å². The molecule has 1 amide bonds. The number of rotatable bonds is 6. The third-order valence-corrected chi connectivity index (χ3v) is 5.29. The molecule has 2 aromatic heterocycles. The van der Waals surface area contributed by atoms with Crippen LogP contribution in [0.2, 0.25) is 0 Å². The summed E-state index contributed by atoms with van der Waals surface area (Å²) in [4.78, 5) is 13.5. The van der Waals surface area contributed by atoms with Gasteiger partial charge in [-0.15, -0.1) is 21.5 Å². The average Bonchev–Trinajstić information content (AvgIpc) is 3.41. The van der Waals surface area contributed by atoms with Crippen molar-refractivity contribution in [2.75, 3.05) is 6.54 Å². The lowest BCUT2D eigenvalue weighted by Gasteiger charge is -2.04. The zero-order chi connectivity index (χ0) is 19.3. The lowest BCUT2D eigenvalue weighted by atomic mass is 10.1. The first-order valence-corrected chi connectivity index (χ1v) is 9.88. The molecule has 6 heteroatoms. The second-order valence-electron chi connectivity index (χ2n) is 6.44. The van der Waals surface area contributed by atoms with Crippen molar-refractivity contribution in [2.24, 2.45) is 0 Å². The van der Waals surface area contributed by atoms with E-state index in [-0.39, 0.29) is 5.91 Å². The Morgan fingerprint density at radius 1 is 0.964 bits per heavy atom. The van der Waals surface area contributed by atoms with E-state index in [4.69, 9.17) is 4.42 Å². The van der Waals surface area contributed by atoms with Crippen molar-refractivity contribution in [3.05, 3.63) is 82.0 Å². The van der Waals surface area contributed by atoms with Crippen LogP contribution in [0, 0.1) is 6.92 Å². The van der Waals surface area contributed by atoms with E-state index in [1.807, 2.05) is 54.8 Å². The molecule has 0 fully saturated rings. The summed E-state index contributed by atoms with van der Waals surface area (Å²) in [6, 6.07) is 19.2. The summed E-state index contributed by atoms with van der Waals surface area (Å²) in [6.07, 6.45) is 0.839. The fourth-order valence-electron chi connectivity index (χ4n) is 2.77. The summed E-state index contributed by atoms with van der Waals surface area (Å²) < 4.78 is 5.78. The minimum absolute atomic E-state index is 0.0889. The van der Waals surface area contributed by atoms with E-state index in [1.54, 1.807) is 23.5 Å². The number of aryl methyl sites for hydroxylation is 1. The standard InChI is InChI=1S/C22H19N3O2S/c1-15-4-6-17(7-5-15)21-24-25-22(27-21)18-10-8-16(9-11-18)20(26)23-13-12-19-3-2-14-28-19/h2-11,14H,12-13H2,1H3,(H,23,26). The average molecular weight is 389 g/mol. The van der Waals surface area contributed by atoms with Gasteiger partial charge < -0.3 is 9.73 Å². The van der Waals surface area contributed by atoms with Crippen molar-refractivity contribution in [1.82, 2.24) is 15.5 Å². The highest BCUT2D eigenvalue weighted by molar-refractivity contribution is 7.09. The Hall–Kier alpha value is -3.25. The molecule has 0 aliphatic carbocycles. The summed E-state index contributed by atoms with van der Waals surface area (Å²) in [6.45, 7) is 2.65. The Kier molecular flexibility index (Phi) is 5.30. The van der Waals surface area contributed by atoms with Gasteiger partial charge in [-0.05, 0) is 61.2 Å². The van der Waals surface area contributed by atoms with Crippen LogP contribution in [0.3, 0.4) is 0 Å². The molecule has 0 atom stereocenters. The number of nitrogens with one attached hydrogen (secondary N) is 1. The Labute approximate surface area is 167 Å². The van der Waals surface area contributed by atoms with Crippen LogP contribution in [0.25, 0.3) is 22.9 Å². The van der Waals surface area contributed by atoms with Gasteiger partial charge in [0.05, 0.1) is 0 Å². The summed E-state index contributed by atoms with van der Waals surface area (Å²) in [5.74, 6) is 0.819. The molecule has 4 aromatic rings. The predicted molar refractivity (Wildman–Crippen MR) is 110 cm³/mol. The van der Waals surface area contributed by atoms with E-state index < -0.39 is 0 Å². The second kappa shape index (κ2) is 8.19. The smallest absolute Gasteiger partial charge is 0.251 e. The number of nitrogens with zero attached hydrogens (tertiary/aromatic N) is 2. The van der Waals surface area contributed by atoms with Crippen LogP contribution >= 0.6 is 11.3 Å². The van der Waals surface area contributed by atoms with Gasteiger partial charge in [0.25, 0.3) is 5.91 Å². The zero-order valence-corrected chi connectivity index (χ0v) is 16.2. The molecule has 140 valence electrons. The molecule has 1 N–H and O–H groups in total. The fraction of sp³-hybridized carbons (Fsp3) is 0.136. The molecule has 0 bridgehead atoms. The number of thiophene rings is 1. The van der Waals surface area contributed by atoms with Crippen molar-refractivity contribution in [3.63, 3.8) is 0 Å². The Balaban J connectivity index is 1.40. The Morgan fingerprint density at radius 2 is 1.61 bits per heavy atom. The van der Waals surface area contributed by atoms with Crippen molar-refractivity contribution < 1.29 is 9.21 Å². The van der Waals surface area contributed by atoms with Gasteiger partial charge in [-0.25, -0.2) is 0 Å². The Bertz CT molecular complexity index is 1050. The summed E-state index contributed by atoms with van der Waals surface area (Å²) in [5, 5.41) is 13.2. The van der Waals surface area contributed by atoms with Gasteiger partial charge in [0.15, 0.2) is 0 Å². The highest BCUT2D eigenvalue weighted by Gasteiger charge is 2.12. The molecule has 0 aliphatic heterocycles. The third-order valence-electron chi connectivity index (χ3n) is 4.35. The first-order chi connectivity index (χ1) is 13.7. The van der Waals surface area contributed by atoms with E-state index in [9.17, 15) is 4.79 Å². The topological polar surface area (TPSA) is 68.0 Å². The minimum Gasteiger partial charge on any atom is -0.416 e. The molecule has 2 heterocycles. The summed E-state index contributed by atoms with van der Waals surface area (Å²) >= 11 is 1.70. The molecule has 0 spiro atoms. The van der Waals surface area contributed by atoms with Gasteiger partial charge >= 0.3 is 0 Å². The molecule has 0 unspecified atom stereocenters. The van der Waals surface area contributed by atoms with Gasteiger partial charge in [-0.1, -0.05) is 23.8 Å². The van der Waals surface area contributed by atoms with Crippen LogP contribution in [0.4, 0.5) is 0 Å². The number of hydrogen-bond donors (Lipinski definition) is 1. The van der Waals surface area contributed by atoms with E-state index in [1.165, 1.54) is 10.4 Å². The predicted octanol–water partition coefficient (Wildman–Crippen LogP) is 4.75. The molecule has 2 aromatic carbocycles. The van der Waals surface area contributed by atoms with Gasteiger partial charge in [0.2, 0.25) is 11.8 Å². The van der Waals surface area contributed by atoms with Crippen LogP contribution in [0.5, 0.6) is 0 Å². The van der Waals surface area contributed by atoms with Crippen molar-refractivity contribution in [2.45, 2.75) is 13.3 Å². The molecular weight excluding hydrogens is 370 g/mol. The molecule has 0 radical (unpaired) electrons. The number of amides is 1. The number of benzene rings is 2. The second-order valence-corrected chi connectivity index (χ2v) is 7.47. The third kappa shape index (κ3) is 4.18. The molecule has 28 heavy (non-hydrogen) atoms. The zero-order valence-electron chi connectivity index (χ0n) is 15.4. The van der Waals surface area contributed by atoms with E-state index in [0.29, 0.717) is 23.9 Å². The molecule has 4 rings (SSSR count). The van der Waals surface area contributed by atoms with Gasteiger partial charge in [0, 0.05) is 28.1 Å². The highest BCUT2D eigenvalue weighted by atomic mass is 32.1. The van der Waals surface area contributed by atoms with Crippen LogP contribution in [-0.2, 0) is 6.42 Å². The van der Waals surface area contributed by atoms with E-state index >= 15 is 0 Å². The Morgan fingerprint density at radius 3 is 2.21 bits per heavy atom. The van der Waals surface area contributed by atoms with Crippen molar-refractivity contribution in [1.29, 1.82) is 0 Å². The van der Waals surface area contributed by atoms with Crippen molar-refractivity contribution in [3.8, 4) is 22.9 Å². The van der Waals surface area contributed by atoms with E-state index in [2.05, 4.69) is 21.6 Å². The lowest BCUT2D eigenvalue weighted by Crippen LogP contribution is -2.25. The maximum absolute atomic E-state index is 12.3. The van der Waals surface area contributed by atoms with Crippen LogP contribution in [0.15, 0.2) is 70.5 Å². The number of aromatic nitrogens is 2. The highest BCUT2D eigenvalue weighted by Crippen LogP contribution is 2.24. The largest absolute Gasteiger partial charge is 0.416 e. The van der Waals surface area contributed by atoms with Gasteiger partial charge in [-0.2, -0.15) is 0 Å². The first-order valence-electron chi connectivity index (χ1n) is 9.00. The van der Waals surface area contributed by atoms with Crippen LogP contribution in [0.1, 0.15) is 20.8 Å². The summed E-state index contributed by atoms with van der Waals surface area (Å²) in [7, 11) is 0. The first kappa shape index (κ1) is 18.1. The fourth-order valence-corrected chi connectivity index (χ4v) is 3.48. The molecule has 5 nitrogen and oxygen atoms in total. The number of carbonyl (C=O) groups excluding carboxylic acids is 1. The van der Waals surface area contributed by atoms with Gasteiger partial charge in [0.1, 0.15) is 0 Å². The monoisotopic (exact) mass is 389 g/mol. The van der Waals surface area contributed by atoms with E-state index in [0.717, 1.165) is 17.5 Å².